The molecule has 0 aromatic rings. The zero-order valence-electron chi connectivity index (χ0n) is 7.61. The third-order valence-electron chi connectivity index (χ3n) is 1.51. The van der Waals surface area contributed by atoms with E-state index >= 15 is 0 Å². The number of nitrogens with one attached hydrogen (secondary N) is 1. The number of ether oxygens (including phenoxy) is 1. The molecule has 1 atom stereocenters. The number of esters is 1. The van der Waals surface area contributed by atoms with Gasteiger partial charge in [-0.1, -0.05) is 0 Å². The van der Waals surface area contributed by atoms with Crippen molar-refractivity contribution in [2.75, 3.05) is 19.9 Å². The summed E-state index contributed by atoms with van der Waals surface area (Å²) >= 11 is 0. The quantitative estimate of drug-likeness (QED) is 0.534. The molecule has 0 heterocycles. The number of hydrogen-bond donors (Lipinski definition) is 2. The van der Waals surface area contributed by atoms with Crippen molar-refractivity contribution < 1.29 is 17.9 Å². The molecule has 78 valence electrons. The first-order valence-corrected chi connectivity index (χ1v) is 5.33. The molecule has 0 aromatic carbocycles. The van der Waals surface area contributed by atoms with E-state index in [0.717, 1.165) is 0 Å². The normalized spacial score (nSPS) is 13.8. The number of sulfonamides is 1. The second kappa shape index (κ2) is 5.15. The van der Waals surface area contributed by atoms with Crippen molar-refractivity contribution >= 4 is 16.0 Å². The molecule has 0 bridgehead atoms. The average molecular weight is 210 g/mol. The van der Waals surface area contributed by atoms with Gasteiger partial charge in [-0.15, -0.1) is 0 Å². The maximum atomic E-state index is 10.9. The summed E-state index contributed by atoms with van der Waals surface area (Å²) in [5, 5.41) is 0. The minimum absolute atomic E-state index is 0.0514. The van der Waals surface area contributed by atoms with E-state index in [1.165, 1.54) is 14.2 Å². The van der Waals surface area contributed by atoms with Crippen LogP contribution in [-0.4, -0.2) is 40.3 Å². The van der Waals surface area contributed by atoms with Crippen LogP contribution in [0.15, 0.2) is 0 Å². The Kier molecular flexibility index (Phi) is 4.89. The summed E-state index contributed by atoms with van der Waals surface area (Å²) in [6, 6.07) is -0.881. The second-order valence-corrected chi connectivity index (χ2v) is 4.49. The van der Waals surface area contributed by atoms with Gasteiger partial charge in [0.2, 0.25) is 10.0 Å². The monoisotopic (exact) mass is 210 g/mol. The van der Waals surface area contributed by atoms with E-state index in [0.29, 0.717) is 0 Å². The Hall–Kier alpha value is -0.660. The SMILES string of the molecule is CNS(=O)(=O)CC[C@H](N)C(=O)OC. The summed E-state index contributed by atoms with van der Waals surface area (Å²) in [6.45, 7) is 0. The van der Waals surface area contributed by atoms with E-state index in [1.54, 1.807) is 0 Å². The molecule has 0 unspecified atom stereocenters. The van der Waals surface area contributed by atoms with E-state index in [9.17, 15) is 13.2 Å². The van der Waals surface area contributed by atoms with Gasteiger partial charge in [0.05, 0.1) is 12.9 Å². The minimum Gasteiger partial charge on any atom is -0.468 e. The molecular formula is C6H14N2O4S. The van der Waals surface area contributed by atoms with Crippen molar-refractivity contribution in [3.8, 4) is 0 Å². The lowest BCUT2D eigenvalue weighted by Gasteiger charge is -2.08. The van der Waals surface area contributed by atoms with Crippen LogP contribution in [0, 0.1) is 0 Å². The van der Waals surface area contributed by atoms with Crippen LogP contribution in [0.5, 0.6) is 0 Å². The number of methoxy groups -OCH3 is 1. The molecule has 0 saturated heterocycles. The first kappa shape index (κ1) is 12.3. The van der Waals surface area contributed by atoms with Gasteiger partial charge in [-0.3, -0.25) is 4.79 Å². The van der Waals surface area contributed by atoms with Gasteiger partial charge in [0.25, 0.3) is 0 Å². The maximum absolute atomic E-state index is 10.9. The van der Waals surface area contributed by atoms with Crippen LogP contribution in [-0.2, 0) is 19.6 Å². The van der Waals surface area contributed by atoms with Crippen molar-refractivity contribution in [1.29, 1.82) is 0 Å². The van der Waals surface area contributed by atoms with Crippen LogP contribution >= 0.6 is 0 Å². The summed E-state index contributed by atoms with van der Waals surface area (Å²) in [6.07, 6.45) is 0.0514. The number of rotatable bonds is 5. The van der Waals surface area contributed by atoms with Crippen molar-refractivity contribution in [3.63, 3.8) is 0 Å². The Morgan fingerprint density at radius 3 is 2.54 bits per heavy atom. The van der Waals surface area contributed by atoms with E-state index in [-0.39, 0.29) is 12.2 Å². The van der Waals surface area contributed by atoms with Gasteiger partial charge in [0, 0.05) is 0 Å². The van der Waals surface area contributed by atoms with E-state index in [4.69, 9.17) is 5.73 Å². The Labute approximate surface area is 77.5 Å². The third kappa shape index (κ3) is 4.81. The van der Waals surface area contributed by atoms with Crippen molar-refractivity contribution in [2.45, 2.75) is 12.5 Å². The largest absolute Gasteiger partial charge is 0.468 e. The fourth-order valence-electron chi connectivity index (χ4n) is 0.653. The molecule has 0 rings (SSSR count). The molecule has 0 saturated carbocycles. The highest BCUT2D eigenvalue weighted by molar-refractivity contribution is 7.89. The maximum Gasteiger partial charge on any atom is 0.322 e. The van der Waals surface area contributed by atoms with Crippen LogP contribution in [0.2, 0.25) is 0 Å². The van der Waals surface area contributed by atoms with Gasteiger partial charge in [0.1, 0.15) is 6.04 Å². The summed E-state index contributed by atoms with van der Waals surface area (Å²) in [7, 11) is -0.786. The van der Waals surface area contributed by atoms with Crippen LogP contribution in [0.1, 0.15) is 6.42 Å². The minimum atomic E-state index is -3.29. The van der Waals surface area contributed by atoms with Gasteiger partial charge in [-0.05, 0) is 13.5 Å². The number of hydrogen-bond acceptors (Lipinski definition) is 5. The topological polar surface area (TPSA) is 98.5 Å². The smallest absolute Gasteiger partial charge is 0.322 e. The lowest BCUT2D eigenvalue weighted by Crippen LogP contribution is -2.35. The molecule has 0 fully saturated rings. The van der Waals surface area contributed by atoms with Gasteiger partial charge >= 0.3 is 5.97 Å². The molecular weight excluding hydrogens is 196 g/mol. The molecule has 0 radical (unpaired) electrons. The molecule has 0 aliphatic heterocycles. The predicted octanol–water partition coefficient (Wildman–Crippen LogP) is -1.57. The molecule has 0 aliphatic rings. The van der Waals surface area contributed by atoms with Gasteiger partial charge in [-0.25, -0.2) is 13.1 Å². The fourth-order valence-corrected chi connectivity index (χ4v) is 1.42. The molecule has 0 amide bonds. The van der Waals surface area contributed by atoms with E-state index in [2.05, 4.69) is 9.46 Å². The number of carbonyl (C=O) groups is 1. The summed E-state index contributed by atoms with van der Waals surface area (Å²) in [5.74, 6) is -0.786. The highest BCUT2D eigenvalue weighted by Crippen LogP contribution is 1.95. The van der Waals surface area contributed by atoms with E-state index in [1.807, 2.05) is 0 Å². The molecule has 13 heavy (non-hydrogen) atoms. The Bertz CT molecular complexity index is 262. The van der Waals surface area contributed by atoms with Gasteiger partial charge in [0.15, 0.2) is 0 Å². The highest BCUT2D eigenvalue weighted by atomic mass is 32.2. The lowest BCUT2D eigenvalue weighted by atomic mass is 10.2. The molecule has 0 aliphatic carbocycles. The molecule has 0 aromatic heterocycles. The van der Waals surface area contributed by atoms with Gasteiger partial charge < -0.3 is 10.5 Å². The lowest BCUT2D eigenvalue weighted by molar-refractivity contribution is -0.142. The predicted molar refractivity (Wildman–Crippen MR) is 47.5 cm³/mol. The van der Waals surface area contributed by atoms with Crippen LogP contribution in [0.25, 0.3) is 0 Å². The Morgan fingerprint density at radius 2 is 2.15 bits per heavy atom. The van der Waals surface area contributed by atoms with Gasteiger partial charge in [-0.2, -0.15) is 0 Å². The average Bonchev–Trinajstić information content (AvgIpc) is 2.13. The molecule has 3 N–H and O–H groups in total. The second-order valence-electron chi connectivity index (χ2n) is 2.44. The fraction of sp³-hybridized carbons (Fsp3) is 0.833. The number of nitrogens with two attached hydrogens (primary N) is 1. The number of carbonyl (C=O) groups excluding carboxylic acids is 1. The highest BCUT2D eigenvalue weighted by Gasteiger charge is 2.17. The van der Waals surface area contributed by atoms with Crippen molar-refractivity contribution in [1.82, 2.24) is 4.72 Å². The standard InChI is InChI=1S/C6H14N2O4S/c1-8-13(10,11)4-3-5(7)6(9)12-2/h5,8H,3-4,7H2,1-2H3/t5-/m0/s1. The Balaban J connectivity index is 3.97. The zero-order chi connectivity index (χ0) is 10.5. The van der Waals surface area contributed by atoms with Crippen LogP contribution in [0.3, 0.4) is 0 Å². The summed E-state index contributed by atoms with van der Waals surface area (Å²) in [4.78, 5) is 10.8. The van der Waals surface area contributed by atoms with E-state index < -0.39 is 22.0 Å². The Morgan fingerprint density at radius 1 is 1.62 bits per heavy atom. The van der Waals surface area contributed by atoms with Crippen LogP contribution in [0.4, 0.5) is 0 Å². The molecule has 7 heteroatoms. The zero-order valence-corrected chi connectivity index (χ0v) is 8.43. The van der Waals surface area contributed by atoms with Crippen molar-refractivity contribution in [2.24, 2.45) is 5.73 Å². The third-order valence-corrected chi connectivity index (χ3v) is 2.91. The first-order valence-electron chi connectivity index (χ1n) is 3.67. The summed E-state index contributed by atoms with van der Waals surface area (Å²) in [5.41, 5.74) is 5.32. The first-order chi connectivity index (χ1) is 5.93. The van der Waals surface area contributed by atoms with Crippen LogP contribution < -0.4 is 10.5 Å². The van der Waals surface area contributed by atoms with Crippen molar-refractivity contribution in [3.05, 3.63) is 0 Å². The summed E-state index contributed by atoms with van der Waals surface area (Å²) < 4.78 is 28.2. The molecule has 0 spiro atoms. The molecule has 6 nitrogen and oxygen atoms in total.